The number of nitro groups is 1. The van der Waals surface area contributed by atoms with Crippen LogP contribution < -0.4 is 0 Å². The summed E-state index contributed by atoms with van der Waals surface area (Å²) in [5.74, 6) is 0. The lowest BCUT2D eigenvalue weighted by Crippen LogP contribution is -2.32. The van der Waals surface area contributed by atoms with E-state index in [1.54, 1.807) is 12.1 Å². The molecule has 1 aromatic rings. The van der Waals surface area contributed by atoms with Crippen molar-refractivity contribution in [2.24, 2.45) is 0 Å². The van der Waals surface area contributed by atoms with Gasteiger partial charge in [0.25, 0.3) is 5.69 Å². The predicted octanol–water partition coefficient (Wildman–Crippen LogP) is 1.75. The maximum atomic E-state index is 11.1. The molecule has 1 N–H and O–H groups in total. The number of hydrogen-bond acceptors (Lipinski definition) is 5. The van der Waals surface area contributed by atoms with E-state index in [4.69, 9.17) is 16.7 Å². The third kappa shape index (κ3) is 4.64. The quantitative estimate of drug-likeness (QED) is 0.662. The van der Waals surface area contributed by atoms with Crippen LogP contribution in [0, 0.1) is 10.1 Å². The van der Waals surface area contributed by atoms with E-state index in [9.17, 15) is 10.1 Å². The molecule has 7 heteroatoms. The van der Waals surface area contributed by atoms with Gasteiger partial charge < -0.3 is 5.11 Å². The van der Waals surface area contributed by atoms with Crippen molar-refractivity contribution in [1.29, 1.82) is 0 Å². The van der Waals surface area contributed by atoms with Crippen LogP contribution in [0.1, 0.15) is 12.0 Å². The Hall–Kier alpha value is -1.21. The largest absolute Gasteiger partial charge is 0.395 e. The lowest BCUT2D eigenvalue weighted by Gasteiger charge is -2.21. The maximum absolute atomic E-state index is 11.1. The Bertz CT molecular complexity index is 498. The van der Waals surface area contributed by atoms with Crippen LogP contribution in [-0.4, -0.2) is 59.2 Å². The van der Waals surface area contributed by atoms with Crippen LogP contribution in [0.3, 0.4) is 0 Å². The summed E-state index contributed by atoms with van der Waals surface area (Å²) in [5, 5.41) is 20.6. The molecule has 0 saturated carbocycles. The number of aliphatic hydroxyl groups excluding tert-OH is 1. The molecule has 0 spiro atoms. The second-order valence-corrected chi connectivity index (χ2v) is 5.66. The number of nitrogens with zero attached hydrogens (tertiary/aromatic N) is 3. The molecular weight excluding hydrogens is 294 g/mol. The molecule has 2 rings (SSSR count). The van der Waals surface area contributed by atoms with Crippen LogP contribution in [0.2, 0.25) is 5.02 Å². The van der Waals surface area contributed by atoms with Gasteiger partial charge in [-0.2, -0.15) is 0 Å². The van der Waals surface area contributed by atoms with Crippen molar-refractivity contribution in [3.8, 4) is 0 Å². The highest BCUT2D eigenvalue weighted by Crippen LogP contribution is 2.24. The number of β-amino-alcohol motifs (C(OH)–C–C–N with tert-alkyl or cyclic N) is 1. The smallest absolute Gasteiger partial charge is 0.273 e. The summed E-state index contributed by atoms with van der Waals surface area (Å²) in [5.41, 5.74) is 0.777. The Kier molecular flexibility index (Phi) is 5.93. The Morgan fingerprint density at radius 1 is 1.24 bits per heavy atom. The Morgan fingerprint density at radius 2 is 1.95 bits per heavy atom. The summed E-state index contributed by atoms with van der Waals surface area (Å²) in [6, 6.07) is 4.69. The number of rotatable bonds is 5. The summed E-state index contributed by atoms with van der Waals surface area (Å²) in [7, 11) is 0. The molecule has 0 atom stereocenters. The highest BCUT2D eigenvalue weighted by Gasteiger charge is 2.19. The van der Waals surface area contributed by atoms with Gasteiger partial charge >= 0.3 is 0 Å². The van der Waals surface area contributed by atoms with Crippen molar-refractivity contribution in [2.75, 3.05) is 39.3 Å². The highest BCUT2D eigenvalue weighted by molar-refractivity contribution is 6.30. The van der Waals surface area contributed by atoms with Gasteiger partial charge in [-0.05, 0) is 31.6 Å². The Morgan fingerprint density at radius 3 is 2.67 bits per heavy atom. The fourth-order valence-electron chi connectivity index (χ4n) is 2.65. The van der Waals surface area contributed by atoms with Gasteiger partial charge in [-0.15, -0.1) is 0 Å². The molecule has 0 aliphatic carbocycles. The number of hydrogen-bond donors (Lipinski definition) is 1. The van der Waals surface area contributed by atoms with E-state index < -0.39 is 0 Å². The van der Waals surface area contributed by atoms with Crippen molar-refractivity contribution in [3.05, 3.63) is 38.9 Å². The van der Waals surface area contributed by atoms with Crippen LogP contribution in [0.25, 0.3) is 0 Å². The van der Waals surface area contributed by atoms with E-state index >= 15 is 0 Å². The first-order valence-corrected chi connectivity index (χ1v) is 7.46. The SMILES string of the molecule is O=[N+]([O-])c1ccc(Cl)cc1CN1CCCN(CCO)CC1. The van der Waals surface area contributed by atoms with Gasteiger partial charge in [0.15, 0.2) is 0 Å². The van der Waals surface area contributed by atoms with Crippen molar-refractivity contribution < 1.29 is 10.0 Å². The molecular formula is C14H20ClN3O3. The van der Waals surface area contributed by atoms with Crippen LogP contribution >= 0.6 is 11.6 Å². The molecule has 1 heterocycles. The van der Waals surface area contributed by atoms with Gasteiger partial charge in [0, 0.05) is 42.8 Å². The first-order chi connectivity index (χ1) is 10.1. The van der Waals surface area contributed by atoms with Gasteiger partial charge in [0.1, 0.15) is 0 Å². The molecule has 0 bridgehead atoms. The molecule has 1 fully saturated rings. The lowest BCUT2D eigenvalue weighted by atomic mass is 10.1. The van der Waals surface area contributed by atoms with E-state index in [0.717, 1.165) is 32.6 Å². The monoisotopic (exact) mass is 313 g/mol. The predicted molar refractivity (Wildman–Crippen MR) is 81.5 cm³/mol. The van der Waals surface area contributed by atoms with E-state index in [0.29, 0.717) is 23.7 Å². The van der Waals surface area contributed by atoms with Crippen LogP contribution in [0.5, 0.6) is 0 Å². The molecule has 6 nitrogen and oxygen atoms in total. The molecule has 0 amide bonds. The maximum Gasteiger partial charge on any atom is 0.273 e. The molecule has 1 saturated heterocycles. The minimum absolute atomic E-state index is 0.121. The fourth-order valence-corrected chi connectivity index (χ4v) is 2.84. The average molecular weight is 314 g/mol. The molecule has 1 aromatic carbocycles. The average Bonchev–Trinajstić information content (AvgIpc) is 2.65. The zero-order valence-corrected chi connectivity index (χ0v) is 12.6. The summed E-state index contributed by atoms with van der Waals surface area (Å²) < 4.78 is 0. The molecule has 0 radical (unpaired) electrons. The second-order valence-electron chi connectivity index (χ2n) is 5.23. The molecule has 0 aromatic heterocycles. The number of nitro benzene ring substituents is 1. The van der Waals surface area contributed by atoms with Crippen molar-refractivity contribution in [2.45, 2.75) is 13.0 Å². The van der Waals surface area contributed by atoms with Crippen molar-refractivity contribution in [3.63, 3.8) is 0 Å². The van der Waals surface area contributed by atoms with Gasteiger partial charge in [0.05, 0.1) is 11.5 Å². The third-order valence-electron chi connectivity index (χ3n) is 3.73. The van der Waals surface area contributed by atoms with Gasteiger partial charge in [-0.1, -0.05) is 11.6 Å². The molecule has 116 valence electrons. The first-order valence-electron chi connectivity index (χ1n) is 7.08. The minimum Gasteiger partial charge on any atom is -0.395 e. The summed E-state index contributed by atoms with van der Waals surface area (Å²) >= 11 is 5.96. The minimum atomic E-state index is -0.360. The van der Waals surface area contributed by atoms with E-state index in [1.807, 2.05) is 0 Å². The normalized spacial score (nSPS) is 17.6. The first kappa shape index (κ1) is 16.2. The molecule has 0 unspecified atom stereocenters. The van der Waals surface area contributed by atoms with Gasteiger partial charge in [0.2, 0.25) is 0 Å². The zero-order valence-electron chi connectivity index (χ0n) is 11.9. The fraction of sp³-hybridized carbons (Fsp3) is 0.571. The Labute approximate surface area is 129 Å². The topological polar surface area (TPSA) is 69.9 Å². The van der Waals surface area contributed by atoms with Crippen molar-refractivity contribution in [1.82, 2.24) is 9.80 Å². The van der Waals surface area contributed by atoms with Gasteiger partial charge in [-0.3, -0.25) is 19.9 Å². The van der Waals surface area contributed by atoms with E-state index in [-0.39, 0.29) is 17.2 Å². The number of benzene rings is 1. The molecule has 21 heavy (non-hydrogen) atoms. The Balaban J connectivity index is 2.04. The number of aliphatic hydroxyl groups is 1. The van der Waals surface area contributed by atoms with Crippen LogP contribution in [0.4, 0.5) is 5.69 Å². The summed E-state index contributed by atoms with van der Waals surface area (Å²) in [6.07, 6.45) is 0.994. The molecule has 1 aliphatic heterocycles. The third-order valence-corrected chi connectivity index (χ3v) is 3.96. The lowest BCUT2D eigenvalue weighted by molar-refractivity contribution is -0.385. The standard InChI is InChI=1S/C14H20ClN3O3/c15-13-2-3-14(18(20)21)12(10-13)11-17-5-1-4-16(6-7-17)8-9-19/h2-3,10,19H,1,4-9,11H2. The zero-order chi connectivity index (χ0) is 15.2. The summed E-state index contributed by atoms with van der Waals surface area (Å²) in [6.45, 7) is 4.94. The number of halogens is 1. The summed E-state index contributed by atoms with van der Waals surface area (Å²) in [4.78, 5) is 15.1. The van der Waals surface area contributed by atoms with Gasteiger partial charge in [-0.25, -0.2) is 0 Å². The van der Waals surface area contributed by atoms with E-state index in [1.165, 1.54) is 6.07 Å². The molecule has 1 aliphatic rings. The highest BCUT2D eigenvalue weighted by atomic mass is 35.5. The van der Waals surface area contributed by atoms with Crippen LogP contribution in [-0.2, 0) is 6.54 Å². The second kappa shape index (κ2) is 7.70. The van der Waals surface area contributed by atoms with Crippen LogP contribution in [0.15, 0.2) is 18.2 Å². The van der Waals surface area contributed by atoms with E-state index in [2.05, 4.69) is 9.80 Å². The van der Waals surface area contributed by atoms with Crippen molar-refractivity contribution >= 4 is 17.3 Å².